The zero-order chi connectivity index (χ0) is 10.6. The van der Waals surface area contributed by atoms with Gasteiger partial charge in [0.25, 0.3) is 0 Å². The van der Waals surface area contributed by atoms with E-state index in [9.17, 15) is 0 Å². The predicted octanol–water partition coefficient (Wildman–Crippen LogP) is 2.19. The SMILES string of the molecule is CCC#CCC#CCCC(OC)OC. The predicted molar refractivity (Wildman–Crippen MR) is 57.5 cm³/mol. The fourth-order valence-corrected chi connectivity index (χ4v) is 0.905. The number of methoxy groups -OCH3 is 2. The second kappa shape index (κ2) is 10.1. The maximum absolute atomic E-state index is 5.03. The van der Waals surface area contributed by atoms with E-state index in [1.807, 2.05) is 6.92 Å². The lowest BCUT2D eigenvalue weighted by Crippen LogP contribution is -2.11. The van der Waals surface area contributed by atoms with Crippen LogP contribution in [0.5, 0.6) is 0 Å². The van der Waals surface area contributed by atoms with Crippen molar-refractivity contribution in [3.63, 3.8) is 0 Å². The first-order chi connectivity index (χ1) is 6.85. The molecule has 0 aliphatic rings. The van der Waals surface area contributed by atoms with E-state index in [1.54, 1.807) is 14.2 Å². The van der Waals surface area contributed by atoms with E-state index in [0.29, 0.717) is 6.42 Å². The van der Waals surface area contributed by atoms with Crippen LogP contribution in [0.2, 0.25) is 0 Å². The highest BCUT2D eigenvalue weighted by atomic mass is 16.7. The molecule has 0 unspecified atom stereocenters. The average Bonchev–Trinajstić information content (AvgIpc) is 2.22. The van der Waals surface area contributed by atoms with E-state index in [0.717, 1.165) is 19.3 Å². The Morgan fingerprint density at radius 3 is 2.21 bits per heavy atom. The summed E-state index contributed by atoms with van der Waals surface area (Å²) in [6.07, 6.45) is 3.03. The molecule has 0 aliphatic heterocycles. The molecule has 0 aromatic carbocycles. The third kappa shape index (κ3) is 7.68. The van der Waals surface area contributed by atoms with Gasteiger partial charge in [0.2, 0.25) is 0 Å². The van der Waals surface area contributed by atoms with Crippen molar-refractivity contribution in [1.82, 2.24) is 0 Å². The summed E-state index contributed by atoms with van der Waals surface area (Å²) < 4.78 is 10.1. The Hall–Kier alpha value is -0.960. The molecule has 14 heavy (non-hydrogen) atoms. The van der Waals surface area contributed by atoms with Gasteiger partial charge in [0.1, 0.15) is 0 Å². The second-order valence-corrected chi connectivity index (χ2v) is 2.68. The van der Waals surface area contributed by atoms with Crippen LogP contribution in [0.15, 0.2) is 0 Å². The van der Waals surface area contributed by atoms with Gasteiger partial charge in [-0.15, -0.1) is 11.8 Å². The highest BCUT2D eigenvalue weighted by molar-refractivity contribution is 5.11. The summed E-state index contributed by atoms with van der Waals surface area (Å²) in [5.41, 5.74) is 0. The molecule has 0 atom stereocenters. The van der Waals surface area contributed by atoms with Gasteiger partial charge in [-0.1, -0.05) is 18.8 Å². The third-order valence-electron chi connectivity index (χ3n) is 1.63. The highest BCUT2D eigenvalue weighted by Gasteiger charge is 2.01. The van der Waals surface area contributed by atoms with Crippen molar-refractivity contribution in [2.45, 2.75) is 38.9 Å². The van der Waals surface area contributed by atoms with Crippen molar-refractivity contribution in [3.05, 3.63) is 0 Å². The van der Waals surface area contributed by atoms with Crippen LogP contribution >= 0.6 is 0 Å². The minimum Gasteiger partial charge on any atom is -0.356 e. The molecule has 0 spiro atoms. The molecule has 0 aromatic heterocycles. The van der Waals surface area contributed by atoms with Crippen LogP contribution in [0.3, 0.4) is 0 Å². The van der Waals surface area contributed by atoms with Gasteiger partial charge in [0.05, 0.1) is 6.42 Å². The Morgan fingerprint density at radius 1 is 1.00 bits per heavy atom. The standard InChI is InChI=1S/C12H18O2/c1-4-5-6-7-8-9-10-11-12(13-2)14-3/h12H,4,7,10-11H2,1-3H3. The normalized spacial score (nSPS) is 8.86. The first kappa shape index (κ1) is 13.0. The fourth-order valence-electron chi connectivity index (χ4n) is 0.905. The van der Waals surface area contributed by atoms with Crippen LogP contribution in [0.1, 0.15) is 32.6 Å². The lowest BCUT2D eigenvalue weighted by Gasteiger charge is -2.10. The average molecular weight is 194 g/mol. The van der Waals surface area contributed by atoms with Gasteiger partial charge in [-0.25, -0.2) is 0 Å². The van der Waals surface area contributed by atoms with Crippen LogP contribution in [0.25, 0.3) is 0 Å². The molecule has 0 rings (SSSR count). The summed E-state index contributed by atoms with van der Waals surface area (Å²) in [5, 5.41) is 0. The van der Waals surface area contributed by atoms with E-state index in [1.165, 1.54) is 0 Å². The van der Waals surface area contributed by atoms with Crippen LogP contribution in [0, 0.1) is 23.7 Å². The molecule has 2 heteroatoms. The molecule has 0 radical (unpaired) electrons. The maximum atomic E-state index is 5.03. The van der Waals surface area contributed by atoms with Crippen LogP contribution in [-0.4, -0.2) is 20.5 Å². The van der Waals surface area contributed by atoms with Gasteiger partial charge < -0.3 is 9.47 Å². The van der Waals surface area contributed by atoms with Crippen molar-refractivity contribution in [3.8, 4) is 23.7 Å². The molecule has 0 aliphatic carbocycles. The van der Waals surface area contributed by atoms with E-state index < -0.39 is 0 Å². The van der Waals surface area contributed by atoms with Gasteiger partial charge >= 0.3 is 0 Å². The van der Waals surface area contributed by atoms with E-state index >= 15 is 0 Å². The molecule has 2 nitrogen and oxygen atoms in total. The Balaban J connectivity index is 3.51. The smallest absolute Gasteiger partial charge is 0.157 e. The molecule has 0 amide bonds. The number of hydrogen-bond acceptors (Lipinski definition) is 2. The van der Waals surface area contributed by atoms with Gasteiger partial charge in [-0.3, -0.25) is 0 Å². The summed E-state index contributed by atoms with van der Waals surface area (Å²) in [6, 6.07) is 0. The summed E-state index contributed by atoms with van der Waals surface area (Å²) in [7, 11) is 3.27. The molecule has 0 saturated carbocycles. The molecule has 0 fully saturated rings. The largest absolute Gasteiger partial charge is 0.356 e. The zero-order valence-electron chi connectivity index (χ0n) is 9.22. The molecule has 0 aromatic rings. The van der Waals surface area contributed by atoms with E-state index in [-0.39, 0.29) is 6.29 Å². The second-order valence-electron chi connectivity index (χ2n) is 2.68. The summed E-state index contributed by atoms with van der Waals surface area (Å²) in [6.45, 7) is 2.03. The molecular formula is C12H18O2. The summed E-state index contributed by atoms with van der Waals surface area (Å²) in [5.74, 6) is 12.0. The van der Waals surface area contributed by atoms with Crippen molar-refractivity contribution in [1.29, 1.82) is 0 Å². The van der Waals surface area contributed by atoms with Crippen molar-refractivity contribution in [2.24, 2.45) is 0 Å². The molecule has 78 valence electrons. The first-order valence-corrected chi connectivity index (χ1v) is 4.82. The minimum atomic E-state index is -0.133. The molecule has 0 bridgehead atoms. The molecule has 0 N–H and O–H groups in total. The minimum absolute atomic E-state index is 0.133. The Kier molecular flexibility index (Phi) is 9.43. The highest BCUT2D eigenvalue weighted by Crippen LogP contribution is 2.00. The van der Waals surface area contributed by atoms with Crippen molar-refractivity contribution < 1.29 is 9.47 Å². The fraction of sp³-hybridized carbons (Fsp3) is 0.667. The Morgan fingerprint density at radius 2 is 1.64 bits per heavy atom. The van der Waals surface area contributed by atoms with Gasteiger partial charge in [-0.05, 0) is 0 Å². The lowest BCUT2D eigenvalue weighted by atomic mass is 10.3. The van der Waals surface area contributed by atoms with Gasteiger partial charge in [0, 0.05) is 33.5 Å². The topological polar surface area (TPSA) is 18.5 Å². The summed E-state index contributed by atoms with van der Waals surface area (Å²) in [4.78, 5) is 0. The monoisotopic (exact) mass is 194 g/mol. The molecule has 0 heterocycles. The van der Waals surface area contributed by atoms with E-state index in [2.05, 4.69) is 23.7 Å². The quantitative estimate of drug-likeness (QED) is 0.504. The first-order valence-electron chi connectivity index (χ1n) is 4.82. The lowest BCUT2D eigenvalue weighted by molar-refractivity contribution is -0.105. The number of hydrogen-bond donors (Lipinski definition) is 0. The number of rotatable bonds is 4. The Bertz CT molecular complexity index is 233. The third-order valence-corrected chi connectivity index (χ3v) is 1.63. The zero-order valence-corrected chi connectivity index (χ0v) is 9.22. The van der Waals surface area contributed by atoms with Gasteiger partial charge in [-0.2, -0.15) is 0 Å². The van der Waals surface area contributed by atoms with Crippen LogP contribution in [0.4, 0.5) is 0 Å². The van der Waals surface area contributed by atoms with Crippen molar-refractivity contribution in [2.75, 3.05) is 14.2 Å². The number of ether oxygens (including phenoxy) is 2. The van der Waals surface area contributed by atoms with Crippen molar-refractivity contribution >= 4 is 0 Å². The summed E-state index contributed by atoms with van der Waals surface area (Å²) >= 11 is 0. The van der Waals surface area contributed by atoms with E-state index in [4.69, 9.17) is 9.47 Å². The van der Waals surface area contributed by atoms with Gasteiger partial charge in [0.15, 0.2) is 6.29 Å². The molecular weight excluding hydrogens is 176 g/mol. The maximum Gasteiger partial charge on any atom is 0.157 e. The Labute approximate surface area is 87.0 Å². The van der Waals surface area contributed by atoms with Crippen LogP contribution in [-0.2, 0) is 9.47 Å². The molecule has 0 saturated heterocycles. The van der Waals surface area contributed by atoms with Crippen LogP contribution < -0.4 is 0 Å².